The quantitative estimate of drug-likeness (QED) is 0.713. The van der Waals surface area contributed by atoms with E-state index in [2.05, 4.69) is 21.9 Å². The molecule has 5 nitrogen and oxygen atoms in total. The Hall–Kier alpha value is -1.78. The minimum absolute atomic E-state index is 0.823. The number of nitrogens with zero attached hydrogens (tertiary/aromatic N) is 4. The molecule has 0 saturated heterocycles. The Bertz CT molecular complexity index is 385. The molecule has 74 valence electrons. The topological polar surface area (TPSA) is 44.3 Å². The summed E-state index contributed by atoms with van der Waals surface area (Å²) in [6.07, 6.45) is 1.56. The van der Waals surface area contributed by atoms with Crippen molar-refractivity contribution >= 4 is 17.3 Å². The highest BCUT2D eigenvalue weighted by atomic mass is 15.3. The maximum atomic E-state index is 4.20. The lowest BCUT2D eigenvalue weighted by Crippen LogP contribution is -2.13. The van der Waals surface area contributed by atoms with E-state index < -0.39 is 0 Å². The van der Waals surface area contributed by atoms with Gasteiger partial charge in [0.1, 0.15) is 17.8 Å². The first kappa shape index (κ1) is 8.80. The second-order valence-electron chi connectivity index (χ2n) is 3.42. The van der Waals surface area contributed by atoms with Gasteiger partial charge in [-0.15, -0.1) is 0 Å². The van der Waals surface area contributed by atoms with Gasteiger partial charge in [0.05, 0.1) is 0 Å². The van der Waals surface area contributed by atoms with E-state index >= 15 is 0 Å². The third kappa shape index (κ3) is 1.09. The van der Waals surface area contributed by atoms with Crippen molar-refractivity contribution in [3.63, 3.8) is 0 Å². The fourth-order valence-corrected chi connectivity index (χ4v) is 1.43. The largest absolute Gasteiger partial charge is 0.361 e. The lowest BCUT2D eigenvalue weighted by molar-refractivity contribution is 1.03. The number of nitrogens with one attached hydrogen (secondary N) is 1. The molecular formula is C9H13N5. The summed E-state index contributed by atoms with van der Waals surface area (Å²) in [7, 11) is 5.82. The zero-order valence-corrected chi connectivity index (χ0v) is 8.57. The van der Waals surface area contributed by atoms with Crippen LogP contribution in [-0.2, 0) is 0 Å². The minimum atomic E-state index is 0.823. The molecular weight excluding hydrogens is 178 g/mol. The van der Waals surface area contributed by atoms with Gasteiger partial charge >= 0.3 is 0 Å². The first-order valence-corrected chi connectivity index (χ1v) is 4.33. The van der Waals surface area contributed by atoms with Gasteiger partial charge in [0, 0.05) is 21.1 Å². The highest BCUT2D eigenvalue weighted by molar-refractivity contribution is 5.85. The number of hydrogen-bond acceptors (Lipinski definition) is 5. The normalized spacial score (nSPS) is 13.9. The van der Waals surface area contributed by atoms with Crippen molar-refractivity contribution in [2.45, 2.75) is 0 Å². The monoisotopic (exact) mass is 191 g/mol. The smallest absolute Gasteiger partial charge is 0.163 e. The van der Waals surface area contributed by atoms with Crippen LogP contribution < -0.4 is 15.1 Å². The zero-order valence-electron chi connectivity index (χ0n) is 8.57. The summed E-state index contributed by atoms with van der Waals surface area (Å²) in [5.41, 5.74) is 0.921. The standard InChI is InChI=1S/C9H13N5/c1-6-12-7-8(13(2)3)10-5-11-9(7)14(6)4/h5,12H,1H2,2-4H3. The predicted octanol–water partition coefficient (Wildman–Crippen LogP) is 0.875. The van der Waals surface area contributed by atoms with Crippen LogP contribution in [-0.4, -0.2) is 31.1 Å². The van der Waals surface area contributed by atoms with Crippen LogP contribution in [0.2, 0.25) is 0 Å². The van der Waals surface area contributed by atoms with E-state index in [1.165, 1.54) is 0 Å². The maximum Gasteiger partial charge on any atom is 0.163 e. The molecule has 0 aliphatic carbocycles. The van der Waals surface area contributed by atoms with Gasteiger partial charge in [-0.1, -0.05) is 6.58 Å². The lowest BCUT2D eigenvalue weighted by Gasteiger charge is -2.14. The van der Waals surface area contributed by atoms with Crippen LogP contribution in [0.15, 0.2) is 18.7 Å². The van der Waals surface area contributed by atoms with E-state index in [0.717, 1.165) is 23.1 Å². The van der Waals surface area contributed by atoms with Crippen molar-refractivity contribution in [2.24, 2.45) is 0 Å². The number of fused-ring (bicyclic) bond motifs is 1. The Labute approximate surface area is 83.1 Å². The molecule has 0 saturated carbocycles. The van der Waals surface area contributed by atoms with Crippen LogP contribution >= 0.6 is 0 Å². The Morgan fingerprint density at radius 1 is 1.43 bits per heavy atom. The highest BCUT2D eigenvalue weighted by Crippen LogP contribution is 2.37. The van der Waals surface area contributed by atoms with Crippen LogP contribution in [0.4, 0.5) is 17.3 Å². The summed E-state index contributed by atoms with van der Waals surface area (Å²) in [4.78, 5) is 12.3. The zero-order chi connectivity index (χ0) is 10.3. The van der Waals surface area contributed by atoms with Crippen molar-refractivity contribution < 1.29 is 0 Å². The summed E-state index contributed by atoms with van der Waals surface area (Å²) in [6, 6.07) is 0. The van der Waals surface area contributed by atoms with Crippen LogP contribution in [0.25, 0.3) is 0 Å². The third-order valence-corrected chi connectivity index (χ3v) is 2.22. The number of hydrogen-bond donors (Lipinski definition) is 1. The lowest BCUT2D eigenvalue weighted by atomic mass is 10.4. The van der Waals surface area contributed by atoms with E-state index in [1.54, 1.807) is 6.33 Å². The summed E-state index contributed by atoms with van der Waals surface area (Å²) in [5.74, 6) is 2.57. The second-order valence-corrected chi connectivity index (χ2v) is 3.42. The van der Waals surface area contributed by atoms with Gasteiger partial charge in [-0.3, -0.25) is 0 Å². The fourth-order valence-electron chi connectivity index (χ4n) is 1.43. The van der Waals surface area contributed by atoms with Crippen molar-refractivity contribution in [1.29, 1.82) is 0 Å². The molecule has 0 aromatic carbocycles. The molecule has 2 heterocycles. The van der Waals surface area contributed by atoms with Crippen LogP contribution in [0.1, 0.15) is 0 Å². The summed E-state index contributed by atoms with van der Waals surface area (Å²) in [6.45, 7) is 3.88. The molecule has 1 aliphatic heterocycles. The summed E-state index contributed by atoms with van der Waals surface area (Å²) < 4.78 is 0. The summed E-state index contributed by atoms with van der Waals surface area (Å²) in [5, 5.41) is 3.16. The molecule has 0 amide bonds. The minimum Gasteiger partial charge on any atom is -0.361 e. The number of aromatic nitrogens is 2. The van der Waals surface area contributed by atoms with Crippen molar-refractivity contribution in [3.8, 4) is 0 Å². The van der Waals surface area contributed by atoms with Gasteiger partial charge < -0.3 is 15.1 Å². The van der Waals surface area contributed by atoms with Crippen molar-refractivity contribution in [3.05, 3.63) is 18.7 Å². The van der Waals surface area contributed by atoms with Crippen LogP contribution in [0.3, 0.4) is 0 Å². The average Bonchev–Trinajstić information content (AvgIpc) is 2.43. The molecule has 0 unspecified atom stereocenters. The average molecular weight is 191 g/mol. The fraction of sp³-hybridized carbons (Fsp3) is 0.333. The van der Waals surface area contributed by atoms with Crippen molar-refractivity contribution in [1.82, 2.24) is 9.97 Å². The van der Waals surface area contributed by atoms with E-state index in [-0.39, 0.29) is 0 Å². The Balaban J connectivity index is 2.55. The SMILES string of the molecule is C=C1Nc2c(N(C)C)ncnc2N1C. The van der Waals surface area contributed by atoms with Crippen molar-refractivity contribution in [2.75, 3.05) is 36.3 Å². The second kappa shape index (κ2) is 2.87. The molecule has 1 aliphatic rings. The Morgan fingerprint density at radius 2 is 2.14 bits per heavy atom. The molecule has 14 heavy (non-hydrogen) atoms. The molecule has 0 spiro atoms. The summed E-state index contributed by atoms with van der Waals surface area (Å²) >= 11 is 0. The Morgan fingerprint density at radius 3 is 2.79 bits per heavy atom. The molecule has 0 atom stereocenters. The van der Waals surface area contributed by atoms with Gasteiger partial charge in [-0.05, 0) is 0 Å². The van der Waals surface area contributed by atoms with Gasteiger partial charge in [0.25, 0.3) is 0 Å². The maximum absolute atomic E-state index is 4.20. The van der Waals surface area contributed by atoms with Gasteiger partial charge in [0.2, 0.25) is 0 Å². The number of rotatable bonds is 1. The van der Waals surface area contributed by atoms with Gasteiger partial charge in [-0.25, -0.2) is 9.97 Å². The van der Waals surface area contributed by atoms with Gasteiger partial charge in [-0.2, -0.15) is 0 Å². The van der Waals surface area contributed by atoms with E-state index in [1.807, 2.05) is 30.9 Å². The van der Waals surface area contributed by atoms with E-state index in [0.29, 0.717) is 0 Å². The molecule has 1 aromatic heterocycles. The molecule has 0 radical (unpaired) electrons. The number of anilines is 3. The Kier molecular flexibility index (Phi) is 1.80. The van der Waals surface area contributed by atoms with Crippen LogP contribution in [0, 0.1) is 0 Å². The highest BCUT2D eigenvalue weighted by Gasteiger charge is 2.24. The van der Waals surface area contributed by atoms with E-state index in [4.69, 9.17) is 0 Å². The first-order valence-electron chi connectivity index (χ1n) is 4.33. The molecule has 2 rings (SSSR count). The third-order valence-electron chi connectivity index (χ3n) is 2.22. The molecule has 0 fully saturated rings. The van der Waals surface area contributed by atoms with E-state index in [9.17, 15) is 0 Å². The molecule has 0 bridgehead atoms. The predicted molar refractivity (Wildman–Crippen MR) is 57.5 cm³/mol. The van der Waals surface area contributed by atoms with Crippen LogP contribution in [0.5, 0.6) is 0 Å². The van der Waals surface area contributed by atoms with Gasteiger partial charge in [0.15, 0.2) is 11.6 Å². The molecule has 5 heteroatoms. The first-order chi connectivity index (χ1) is 6.61. The molecule has 1 N–H and O–H groups in total. The molecule has 1 aromatic rings.